The summed E-state index contributed by atoms with van der Waals surface area (Å²) >= 11 is 0. The molecule has 0 saturated carbocycles. The van der Waals surface area contributed by atoms with E-state index in [1.807, 2.05) is 30.3 Å². The van der Waals surface area contributed by atoms with Crippen molar-refractivity contribution < 1.29 is 9.47 Å². The third-order valence-corrected chi connectivity index (χ3v) is 3.06. The summed E-state index contributed by atoms with van der Waals surface area (Å²) in [6.45, 7) is 3.26. The lowest BCUT2D eigenvalue weighted by Gasteiger charge is -2.19. The van der Waals surface area contributed by atoms with Crippen molar-refractivity contribution in [3.63, 3.8) is 0 Å². The largest absolute Gasteiger partial charge is 0.486 e. The van der Waals surface area contributed by atoms with Crippen molar-refractivity contribution in [2.24, 2.45) is 0 Å². The Kier molecular flexibility index (Phi) is 2.59. The maximum atomic E-state index is 6.03. The van der Waals surface area contributed by atoms with E-state index in [4.69, 9.17) is 15.2 Å². The summed E-state index contributed by atoms with van der Waals surface area (Å²) < 4.78 is 11.1. The van der Waals surface area contributed by atoms with Crippen LogP contribution in [0.15, 0.2) is 36.4 Å². The molecule has 0 saturated heterocycles. The molecule has 0 aromatic heterocycles. The van der Waals surface area contributed by atoms with Crippen molar-refractivity contribution >= 4 is 5.69 Å². The third kappa shape index (κ3) is 1.88. The Hall–Kier alpha value is -2.16. The van der Waals surface area contributed by atoms with Crippen LogP contribution in [0.5, 0.6) is 11.5 Å². The number of ether oxygens (including phenoxy) is 2. The minimum Gasteiger partial charge on any atom is -0.486 e. The van der Waals surface area contributed by atoms with E-state index in [9.17, 15) is 0 Å². The Morgan fingerprint density at radius 2 is 1.72 bits per heavy atom. The summed E-state index contributed by atoms with van der Waals surface area (Å²) in [5.74, 6) is 1.59. The highest BCUT2D eigenvalue weighted by Crippen LogP contribution is 2.36. The third-order valence-electron chi connectivity index (χ3n) is 3.06. The molecule has 2 aromatic carbocycles. The highest BCUT2D eigenvalue weighted by molar-refractivity contribution is 5.78. The van der Waals surface area contributed by atoms with E-state index >= 15 is 0 Å². The fourth-order valence-electron chi connectivity index (χ4n) is 2.13. The van der Waals surface area contributed by atoms with Gasteiger partial charge in [0, 0.05) is 11.3 Å². The van der Waals surface area contributed by atoms with Crippen LogP contribution < -0.4 is 15.2 Å². The van der Waals surface area contributed by atoms with Crippen LogP contribution in [-0.4, -0.2) is 13.2 Å². The van der Waals surface area contributed by atoms with Crippen LogP contribution in [0.4, 0.5) is 5.69 Å². The highest BCUT2D eigenvalue weighted by atomic mass is 16.6. The van der Waals surface area contributed by atoms with Crippen LogP contribution >= 0.6 is 0 Å². The molecule has 0 spiro atoms. The zero-order chi connectivity index (χ0) is 12.5. The first-order valence-corrected chi connectivity index (χ1v) is 6.00. The van der Waals surface area contributed by atoms with Gasteiger partial charge in [0.1, 0.15) is 13.2 Å². The number of nitrogens with two attached hydrogens (primary N) is 1. The molecule has 2 N–H and O–H groups in total. The van der Waals surface area contributed by atoms with Gasteiger partial charge < -0.3 is 15.2 Å². The van der Waals surface area contributed by atoms with Crippen LogP contribution in [0, 0.1) is 6.92 Å². The summed E-state index contributed by atoms with van der Waals surface area (Å²) in [5.41, 5.74) is 10.1. The van der Waals surface area contributed by atoms with Gasteiger partial charge in [0.25, 0.3) is 0 Å². The van der Waals surface area contributed by atoms with E-state index in [0.29, 0.717) is 13.2 Å². The maximum Gasteiger partial charge on any atom is 0.161 e. The lowest BCUT2D eigenvalue weighted by molar-refractivity contribution is 0.171. The monoisotopic (exact) mass is 241 g/mol. The lowest BCUT2D eigenvalue weighted by Crippen LogP contribution is -2.15. The Morgan fingerprint density at radius 3 is 2.56 bits per heavy atom. The molecular weight excluding hydrogens is 226 g/mol. The summed E-state index contributed by atoms with van der Waals surface area (Å²) in [4.78, 5) is 0. The molecular formula is C15H15NO2. The first kappa shape index (κ1) is 11.0. The van der Waals surface area contributed by atoms with Crippen molar-refractivity contribution in [2.45, 2.75) is 6.92 Å². The zero-order valence-corrected chi connectivity index (χ0v) is 10.3. The normalized spacial score (nSPS) is 13.4. The number of hydrogen-bond donors (Lipinski definition) is 1. The number of benzene rings is 2. The number of nitrogen functional groups attached to an aromatic ring is 1. The van der Waals surface area contributed by atoms with Gasteiger partial charge in [0.2, 0.25) is 0 Å². The van der Waals surface area contributed by atoms with Crippen LogP contribution in [0.1, 0.15) is 5.56 Å². The van der Waals surface area contributed by atoms with Gasteiger partial charge in [-0.25, -0.2) is 0 Å². The number of hydrogen-bond acceptors (Lipinski definition) is 3. The van der Waals surface area contributed by atoms with Crippen molar-refractivity contribution in [1.82, 2.24) is 0 Å². The van der Waals surface area contributed by atoms with E-state index in [1.54, 1.807) is 0 Å². The zero-order valence-electron chi connectivity index (χ0n) is 10.3. The number of anilines is 1. The second-order valence-corrected chi connectivity index (χ2v) is 4.45. The first-order valence-electron chi connectivity index (χ1n) is 6.00. The molecule has 2 aromatic rings. The van der Waals surface area contributed by atoms with Crippen molar-refractivity contribution in [2.75, 3.05) is 18.9 Å². The van der Waals surface area contributed by atoms with E-state index in [1.165, 1.54) is 5.56 Å². The van der Waals surface area contributed by atoms with Gasteiger partial charge in [-0.1, -0.05) is 17.7 Å². The van der Waals surface area contributed by atoms with Gasteiger partial charge in [-0.3, -0.25) is 0 Å². The molecule has 0 unspecified atom stereocenters. The van der Waals surface area contributed by atoms with Gasteiger partial charge >= 0.3 is 0 Å². The molecule has 0 aliphatic carbocycles. The van der Waals surface area contributed by atoms with Crippen LogP contribution in [-0.2, 0) is 0 Å². The van der Waals surface area contributed by atoms with Crippen LogP contribution in [0.25, 0.3) is 11.1 Å². The summed E-state index contributed by atoms with van der Waals surface area (Å²) in [6, 6.07) is 12.0. The fourth-order valence-corrected chi connectivity index (χ4v) is 2.13. The molecule has 3 heteroatoms. The average Bonchev–Trinajstić information content (AvgIpc) is 2.41. The molecule has 0 radical (unpaired) electrons. The molecule has 0 bridgehead atoms. The van der Waals surface area contributed by atoms with Crippen molar-refractivity contribution in [3.8, 4) is 22.6 Å². The Balaban J connectivity index is 2.09. The molecule has 3 rings (SSSR count). The summed E-state index contributed by atoms with van der Waals surface area (Å²) in [6.07, 6.45) is 0. The smallest absolute Gasteiger partial charge is 0.161 e. The van der Waals surface area contributed by atoms with Gasteiger partial charge in [0.05, 0.1) is 0 Å². The van der Waals surface area contributed by atoms with Crippen LogP contribution in [0.2, 0.25) is 0 Å². The number of fused-ring (bicyclic) bond motifs is 1. The SMILES string of the molecule is Cc1ccc(N)c(-c2ccc3c(c2)OCCO3)c1. The Morgan fingerprint density at radius 1 is 0.944 bits per heavy atom. The molecule has 3 nitrogen and oxygen atoms in total. The van der Waals surface area contributed by atoms with E-state index in [0.717, 1.165) is 28.3 Å². The second-order valence-electron chi connectivity index (χ2n) is 4.45. The first-order chi connectivity index (χ1) is 8.74. The topological polar surface area (TPSA) is 44.5 Å². The lowest BCUT2D eigenvalue weighted by atomic mass is 10.0. The van der Waals surface area contributed by atoms with Gasteiger partial charge in [-0.05, 0) is 36.8 Å². The maximum absolute atomic E-state index is 6.03. The minimum absolute atomic E-state index is 0.597. The molecule has 1 aliphatic heterocycles. The highest BCUT2D eigenvalue weighted by Gasteiger charge is 2.13. The average molecular weight is 241 g/mol. The molecule has 18 heavy (non-hydrogen) atoms. The minimum atomic E-state index is 0.597. The number of rotatable bonds is 1. The second kappa shape index (κ2) is 4.26. The number of aryl methyl sites for hydroxylation is 1. The van der Waals surface area contributed by atoms with Crippen molar-refractivity contribution in [1.29, 1.82) is 0 Å². The van der Waals surface area contributed by atoms with E-state index in [2.05, 4.69) is 13.0 Å². The van der Waals surface area contributed by atoms with Gasteiger partial charge in [-0.2, -0.15) is 0 Å². The quantitative estimate of drug-likeness (QED) is 0.780. The molecule has 1 aliphatic rings. The molecule has 92 valence electrons. The van der Waals surface area contributed by atoms with E-state index < -0.39 is 0 Å². The molecule has 0 amide bonds. The standard InChI is InChI=1S/C15H15NO2/c1-10-2-4-13(16)12(8-10)11-3-5-14-15(9-11)18-7-6-17-14/h2-5,8-9H,6-7,16H2,1H3. The molecule has 0 fully saturated rings. The Bertz CT molecular complexity index is 593. The Labute approximate surface area is 106 Å². The van der Waals surface area contributed by atoms with Crippen molar-refractivity contribution in [3.05, 3.63) is 42.0 Å². The van der Waals surface area contributed by atoms with Gasteiger partial charge in [0.15, 0.2) is 11.5 Å². The fraction of sp³-hybridized carbons (Fsp3) is 0.200. The summed E-state index contributed by atoms with van der Waals surface area (Å²) in [5, 5.41) is 0. The van der Waals surface area contributed by atoms with Gasteiger partial charge in [-0.15, -0.1) is 0 Å². The van der Waals surface area contributed by atoms with Crippen LogP contribution in [0.3, 0.4) is 0 Å². The predicted octanol–water partition coefficient (Wildman–Crippen LogP) is 3.02. The summed E-state index contributed by atoms with van der Waals surface area (Å²) in [7, 11) is 0. The predicted molar refractivity (Wildman–Crippen MR) is 72.0 cm³/mol. The molecule has 1 heterocycles. The van der Waals surface area contributed by atoms with E-state index in [-0.39, 0.29) is 0 Å². The molecule has 0 atom stereocenters.